The standard InChI is InChI=1S/C17H32N2/c1-5-14-10-18-16(17(2,3)4)11-19(14)15-9-12-6-7-13(15)8-12/h12-16,18H,5-11H2,1-4H3. The van der Waals surface area contributed by atoms with Crippen LogP contribution in [-0.2, 0) is 0 Å². The van der Waals surface area contributed by atoms with Crippen LogP contribution in [0, 0.1) is 17.3 Å². The molecule has 2 nitrogen and oxygen atoms in total. The number of hydrogen-bond acceptors (Lipinski definition) is 2. The Kier molecular flexibility index (Phi) is 3.68. The van der Waals surface area contributed by atoms with Crippen molar-refractivity contribution in [3.8, 4) is 0 Å². The van der Waals surface area contributed by atoms with Crippen molar-refractivity contribution in [1.29, 1.82) is 0 Å². The fraction of sp³-hybridized carbons (Fsp3) is 1.00. The molecule has 19 heavy (non-hydrogen) atoms. The van der Waals surface area contributed by atoms with Crippen LogP contribution in [0.4, 0.5) is 0 Å². The van der Waals surface area contributed by atoms with Crippen molar-refractivity contribution in [3.05, 3.63) is 0 Å². The molecular weight excluding hydrogens is 232 g/mol. The average molecular weight is 264 g/mol. The molecule has 0 spiro atoms. The summed E-state index contributed by atoms with van der Waals surface area (Å²) in [5, 5.41) is 3.82. The molecule has 110 valence electrons. The first kappa shape index (κ1) is 13.9. The molecule has 2 aliphatic carbocycles. The second-order valence-electron chi connectivity index (χ2n) is 8.33. The van der Waals surface area contributed by atoms with Gasteiger partial charge in [0, 0.05) is 31.2 Å². The molecule has 3 aliphatic rings. The maximum Gasteiger partial charge on any atom is 0.0244 e. The predicted molar refractivity (Wildman–Crippen MR) is 81.3 cm³/mol. The van der Waals surface area contributed by atoms with Crippen molar-refractivity contribution >= 4 is 0 Å². The molecule has 0 aromatic carbocycles. The first-order chi connectivity index (χ1) is 8.99. The normalized spacial score (nSPS) is 43.9. The van der Waals surface area contributed by atoms with Crippen LogP contribution in [0.5, 0.6) is 0 Å². The van der Waals surface area contributed by atoms with Gasteiger partial charge in [-0.3, -0.25) is 4.90 Å². The van der Waals surface area contributed by atoms with Gasteiger partial charge in [-0.05, 0) is 42.9 Å². The van der Waals surface area contributed by atoms with Gasteiger partial charge in [0.2, 0.25) is 0 Å². The monoisotopic (exact) mass is 264 g/mol. The van der Waals surface area contributed by atoms with Crippen LogP contribution < -0.4 is 5.32 Å². The van der Waals surface area contributed by atoms with Crippen LogP contribution in [0.25, 0.3) is 0 Å². The summed E-state index contributed by atoms with van der Waals surface area (Å²) < 4.78 is 0. The molecule has 0 aromatic rings. The van der Waals surface area contributed by atoms with Crippen LogP contribution in [0.1, 0.15) is 59.8 Å². The van der Waals surface area contributed by atoms with Crippen LogP contribution in [-0.4, -0.2) is 36.1 Å². The third kappa shape index (κ3) is 2.58. The van der Waals surface area contributed by atoms with E-state index in [0.29, 0.717) is 11.5 Å². The van der Waals surface area contributed by atoms with E-state index in [1.807, 2.05) is 0 Å². The van der Waals surface area contributed by atoms with Gasteiger partial charge in [-0.1, -0.05) is 34.1 Å². The van der Waals surface area contributed by atoms with Crippen molar-refractivity contribution in [1.82, 2.24) is 10.2 Å². The molecule has 1 N–H and O–H groups in total. The Morgan fingerprint density at radius 3 is 2.47 bits per heavy atom. The van der Waals surface area contributed by atoms with E-state index in [9.17, 15) is 0 Å². The lowest BCUT2D eigenvalue weighted by atomic mass is 9.82. The zero-order valence-electron chi connectivity index (χ0n) is 13.3. The van der Waals surface area contributed by atoms with E-state index in [1.165, 1.54) is 45.2 Å². The maximum atomic E-state index is 3.82. The van der Waals surface area contributed by atoms with Gasteiger partial charge in [-0.15, -0.1) is 0 Å². The zero-order valence-corrected chi connectivity index (χ0v) is 13.3. The van der Waals surface area contributed by atoms with E-state index in [2.05, 4.69) is 37.9 Å². The Morgan fingerprint density at radius 1 is 1.16 bits per heavy atom. The number of fused-ring (bicyclic) bond motifs is 2. The molecule has 1 aliphatic heterocycles. The van der Waals surface area contributed by atoms with Crippen molar-refractivity contribution in [3.63, 3.8) is 0 Å². The second-order valence-corrected chi connectivity index (χ2v) is 8.33. The van der Waals surface area contributed by atoms with Gasteiger partial charge < -0.3 is 5.32 Å². The summed E-state index contributed by atoms with van der Waals surface area (Å²) in [6.45, 7) is 12.0. The summed E-state index contributed by atoms with van der Waals surface area (Å²) in [6, 6.07) is 2.35. The molecule has 1 saturated heterocycles. The highest BCUT2D eigenvalue weighted by molar-refractivity contribution is 5.01. The molecular formula is C17H32N2. The summed E-state index contributed by atoms with van der Waals surface area (Å²) in [5.74, 6) is 2.09. The Labute approximate surface area is 119 Å². The molecule has 5 unspecified atom stereocenters. The number of rotatable bonds is 2. The van der Waals surface area contributed by atoms with Gasteiger partial charge in [-0.2, -0.15) is 0 Å². The largest absolute Gasteiger partial charge is 0.311 e. The van der Waals surface area contributed by atoms with E-state index in [0.717, 1.165) is 23.9 Å². The van der Waals surface area contributed by atoms with Crippen molar-refractivity contribution in [2.24, 2.45) is 17.3 Å². The van der Waals surface area contributed by atoms with Crippen LogP contribution in [0.3, 0.4) is 0 Å². The summed E-state index contributed by atoms with van der Waals surface area (Å²) in [4.78, 5) is 2.91. The highest BCUT2D eigenvalue weighted by Gasteiger charge is 2.46. The minimum atomic E-state index is 0.384. The second kappa shape index (κ2) is 5.04. The molecule has 0 amide bonds. The minimum absolute atomic E-state index is 0.384. The van der Waals surface area contributed by atoms with E-state index < -0.39 is 0 Å². The first-order valence-electron chi connectivity index (χ1n) is 8.48. The van der Waals surface area contributed by atoms with Gasteiger partial charge in [0.1, 0.15) is 0 Å². The summed E-state index contributed by atoms with van der Waals surface area (Å²) in [5.41, 5.74) is 0.384. The first-order valence-corrected chi connectivity index (χ1v) is 8.48. The molecule has 2 bridgehead atoms. The third-order valence-electron chi connectivity index (χ3n) is 6.11. The molecule has 0 radical (unpaired) electrons. The summed E-state index contributed by atoms with van der Waals surface area (Å²) in [7, 11) is 0. The van der Waals surface area contributed by atoms with E-state index in [1.54, 1.807) is 0 Å². The predicted octanol–water partition coefficient (Wildman–Crippen LogP) is 3.27. The number of hydrogen-bond donors (Lipinski definition) is 1. The van der Waals surface area contributed by atoms with E-state index in [-0.39, 0.29) is 0 Å². The molecule has 3 rings (SSSR count). The lowest BCUT2D eigenvalue weighted by Gasteiger charge is -2.49. The number of piperazine rings is 1. The van der Waals surface area contributed by atoms with Crippen LogP contribution >= 0.6 is 0 Å². The Morgan fingerprint density at radius 2 is 1.95 bits per heavy atom. The van der Waals surface area contributed by atoms with Gasteiger partial charge in [-0.25, -0.2) is 0 Å². The smallest absolute Gasteiger partial charge is 0.0244 e. The van der Waals surface area contributed by atoms with Crippen molar-refractivity contribution in [2.45, 2.75) is 77.9 Å². The Bertz CT molecular complexity index is 320. The topological polar surface area (TPSA) is 15.3 Å². The molecule has 2 saturated carbocycles. The van der Waals surface area contributed by atoms with Gasteiger partial charge >= 0.3 is 0 Å². The molecule has 5 atom stereocenters. The Hall–Kier alpha value is -0.0800. The molecule has 3 fully saturated rings. The summed E-state index contributed by atoms with van der Waals surface area (Å²) in [6.07, 6.45) is 7.36. The molecule has 2 heteroatoms. The summed E-state index contributed by atoms with van der Waals surface area (Å²) >= 11 is 0. The minimum Gasteiger partial charge on any atom is -0.311 e. The van der Waals surface area contributed by atoms with Crippen molar-refractivity contribution in [2.75, 3.05) is 13.1 Å². The van der Waals surface area contributed by atoms with E-state index in [4.69, 9.17) is 0 Å². The van der Waals surface area contributed by atoms with Crippen molar-refractivity contribution < 1.29 is 0 Å². The fourth-order valence-electron chi connectivity index (χ4n) is 4.80. The zero-order chi connectivity index (χ0) is 13.6. The van der Waals surface area contributed by atoms with Gasteiger partial charge in [0.25, 0.3) is 0 Å². The quantitative estimate of drug-likeness (QED) is 0.823. The van der Waals surface area contributed by atoms with Gasteiger partial charge in [0.05, 0.1) is 0 Å². The molecule has 0 aromatic heterocycles. The lowest BCUT2D eigenvalue weighted by molar-refractivity contribution is 0.0266. The lowest BCUT2D eigenvalue weighted by Crippen LogP contribution is -2.63. The van der Waals surface area contributed by atoms with Crippen LogP contribution in [0.2, 0.25) is 0 Å². The fourth-order valence-corrected chi connectivity index (χ4v) is 4.80. The average Bonchev–Trinajstić information content (AvgIpc) is 2.99. The number of nitrogens with one attached hydrogen (secondary N) is 1. The highest BCUT2D eigenvalue weighted by Crippen LogP contribution is 2.47. The maximum absolute atomic E-state index is 3.82. The van der Waals surface area contributed by atoms with E-state index >= 15 is 0 Å². The molecule has 1 heterocycles. The van der Waals surface area contributed by atoms with Gasteiger partial charge in [0.15, 0.2) is 0 Å². The van der Waals surface area contributed by atoms with Crippen LogP contribution in [0.15, 0.2) is 0 Å². The SMILES string of the molecule is CCC1CNC(C(C)(C)C)CN1C1CC2CCC1C2. The number of nitrogens with zero attached hydrogens (tertiary/aromatic N) is 1. The Balaban J connectivity index is 1.72. The third-order valence-corrected chi connectivity index (χ3v) is 6.11. The highest BCUT2D eigenvalue weighted by atomic mass is 15.3.